The van der Waals surface area contributed by atoms with Crippen molar-refractivity contribution in [2.45, 2.75) is 24.3 Å². The summed E-state index contributed by atoms with van der Waals surface area (Å²) in [4.78, 5) is 12.5. The monoisotopic (exact) mass is 442 g/mol. The molecule has 3 aromatic carbocycles. The maximum absolute atomic E-state index is 13.5. The summed E-state index contributed by atoms with van der Waals surface area (Å²) in [7, 11) is -4.02. The fraction of sp³-hybridized carbons (Fsp3) is 0.174. The molecule has 0 aliphatic carbocycles. The van der Waals surface area contributed by atoms with Crippen molar-refractivity contribution >= 4 is 27.5 Å². The summed E-state index contributed by atoms with van der Waals surface area (Å²) >= 11 is 5.92. The van der Waals surface area contributed by atoms with Crippen LogP contribution in [0.1, 0.15) is 22.7 Å². The lowest BCUT2D eigenvalue weighted by molar-refractivity contribution is -0.121. The Morgan fingerprint density at radius 1 is 1.00 bits per heavy atom. The van der Waals surface area contributed by atoms with Crippen LogP contribution in [0.25, 0.3) is 0 Å². The van der Waals surface area contributed by atoms with Crippen LogP contribution in [0.2, 0.25) is 5.02 Å². The number of sulfonamides is 1. The molecule has 0 fully saturated rings. The highest BCUT2D eigenvalue weighted by atomic mass is 35.5. The van der Waals surface area contributed by atoms with Gasteiger partial charge in [-0.15, -0.1) is 0 Å². The minimum absolute atomic E-state index is 0.0540. The lowest BCUT2D eigenvalue weighted by atomic mass is 10.1. The van der Waals surface area contributed by atoms with E-state index in [1.165, 1.54) is 28.6 Å². The van der Waals surface area contributed by atoms with Gasteiger partial charge in [0.15, 0.2) is 0 Å². The first-order chi connectivity index (χ1) is 14.3. The minimum Gasteiger partial charge on any atom is -0.368 e. The molecule has 2 N–H and O–H groups in total. The molecule has 3 aromatic rings. The third-order valence-electron chi connectivity index (χ3n) is 4.80. The molecule has 3 rings (SSSR count). The van der Waals surface area contributed by atoms with Crippen molar-refractivity contribution in [3.8, 4) is 0 Å². The van der Waals surface area contributed by atoms with Gasteiger partial charge in [0.1, 0.15) is 6.04 Å². The molecular formula is C23H23ClN2O3S. The number of halogens is 1. The number of nitrogens with zero attached hydrogens (tertiary/aromatic N) is 1. The Balaban J connectivity index is 2.04. The Kier molecular flexibility index (Phi) is 6.92. The van der Waals surface area contributed by atoms with Gasteiger partial charge >= 0.3 is 0 Å². The summed E-state index contributed by atoms with van der Waals surface area (Å²) in [6.07, 6.45) is 0.436. The zero-order valence-corrected chi connectivity index (χ0v) is 18.1. The number of rotatable bonds is 8. The second kappa shape index (κ2) is 9.43. The molecule has 0 aliphatic rings. The van der Waals surface area contributed by atoms with Crippen LogP contribution in [0.3, 0.4) is 0 Å². The predicted octanol–water partition coefficient (Wildman–Crippen LogP) is 4.11. The zero-order chi connectivity index (χ0) is 21.7. The van der Waals surface area contributed by atoms with Gasteiger partial charge < -0.3 is 5.73 Å². The third-order valence-corrected chi connectivity index (χ3v) is 6.93. The van der Waals surface area contributed by atoms with Crippen molar-refractivity contribution in [2.75, 3.05) is 6.54 Å². The average Bonchev–Trinajstić information content (AvgIpc) is 2.71. The number of amides is 1. The molecule has 5 nitrogen and oxygen atoms in total. The van der Waals surface area contributed by atoms with Crippen molar-refractivity contribution in [2.24, 2.45) is 5.73 Å². The first kappa shape index (κ1) is 22.0. The summed E-state index contributed by atoms with van der Waals surface area (Å²) in [5.74, 6) is -0.733. The van der Waals surface area contributed by atoms with E-state index in [9.17, 15) is 13.2 Å². The van der Waals surface area contributed by atoms with Gasteiger partial charge in [-0.25, -0.2) is 8.42 Å². The molecule has 156 valence electrons. The summed E-state index contributed by atoms with van der Waals surface area (Å²) in [6.45, 7) is 2.07. The van der Waals surface area contributed by atoms with Crippen molar-refractivity contribution < 1.29 is 13.2 Å². The molecule has 0 spiro atoms. The highest BCUT2D eigenvalue weighted by Gasteiger charge is 2.35. The lowest BCUT2D eigenvalue weighted by Gasteiger charge is -2.29. The van der Waals surface area contributed by atoms with Gasteiger partial charge in [0, 0.05) is 11.6 Å². The Hall–Kier alpha value is -2.67. The highest BCUT2D eigenvalue weighted by Crippen LogP contribution is 2.29. The molecule has 7 heteroatoms. The van der Waals surface area contributed by atoms with Crippen molar-refractivity contribution in [1.29, 1.82) is 0 Å². The molecule has 0 aliphatic heterocycles. The fourth-order valence-electron chi connectivity index (χ4n) is 3.34. The number of primary amides is 1. The summed E-state index contributed by atoms with van der Waals surface area (Å²) in [6, 6.07) is 21.3. The van der Waals surface area contributed by atoms with Gasteiger partial charge in [-0.2, -0.15) is 4.31 Å². The highest BCUT2D eigenvalue weighted by molar-refractivity contribution is 7.89. The smallest absolute Gasteiger partial charge is 0.244 e. The maximum Gasteiger partial charge on any atom is 0.244 e. The molecule has 30 heavy (non-hydrogen) atoms. The Bertz CT molecular complexity index is 1120. The lowest BCUT2D eigenvalue weighted by Crippen LogP contribution is -2.42. The van der Waals surface area contributed by atoms with Crippen LogP contribution in [0.5, 0.6) is 0 Å². The standard InChI is InChI=1S/C23H23ClN2O3S/c1-17-6-5-7-18(16-17)14-15-26(22(23(25)27)19-8-3-2-4-9-19)30(28,29)21-12-10-20(24)11-13-21/h2-13,16,22H,14-15H2,1H3,(H2,25,27). The van der Waals surface area contributed by atoms with Gasteiger partial charge in [0.2, 0.25) is 15.9 Å². The predicted molar refractivity (Wildman–Crippen MR) is 119 cm³/mol. The summed E-state index contributed by atoms with van der Waals surface area (Å²) in [5.41, 5.74) is 8.27. The van der Waals surface area contributed by atoms with Gasteiger partial charge in [-0.3, -0.25) is 4.79 Å². The van der Waals surface area contributed by atoms with E-state index in [0.717, 1.165) is 11.1 Å². The van der Waals surface area contributed by atoms with Crippen LogP contribution >= 0.6 is 11.6 Å². The average molecular weight is 443 g/mol. The van der Waals surface area contributed by atoms with Crippen molar-refractivity contribution in [1.82, 2.24) is 4.31 Å². The minimum atomic E-state index is -4.02. The molecular weight excluding hydrogens is 420 g/mol. The van der Waals surface area contributed by atoms with E-state index < -0.39 is 22.0 Å². The van der Waals surface area contributed by atoms with Crippen LogP contribution in [0, 0.1) is 6.92 Å². The van der Waals surface area contributed by atoms with E-state index in [1.807, 2.05) is 31.2 Å². The first-order valence-electron chi connectivity index (χ1n) is 9.46. The van der Waals surface area contributed by atoms with Crippen molar-refractivity contribution in [3.63, 3.8) is 0 Å². The summed E-state index contributed by atoms with van der Waals surface area (Å²) in [5, 5.41) is 0.426. The number of benzene rings is 3. The second-order valence-corrected chi connectivity index (χ2v) is 9.35. The molecule has 0 heterocycles. The van der Waals surface area contributed by atoms with E-state index in [1.54, 1.807) is 30.3 Å². The van der Waals surface area contributed by atoms with Crippen LogP contribution in [-0.4, -0.2) is 25.2 Å². The second-order valence-electron chi connectivity index (χ2n) is 7.02. The Morgan fingerprint density at radius 3 is 2.27 bits per heavy atom. The number of aryl methyl sites for hydroxylation is 1. The van der Waals surface area contributed by atoms with E-state index in [4.69, 9.17) is 17.3 Å². The first-order valence-corrected chi connectivity index (χ1v) is 11.3. The molecule has 1 unspecified atom stereocenters. The number of carbonyl (C=O) groups excluding carboxylic acids is 1. The van der Waals surface area contributed by atoms with Gasteiger partial charge in [-0.1, -0.05) is 71.8 Å². The number of carbonyl (C=O) groups is 1. The molecule has 0 aromatic heterocycles. The molecule has 0 bridgehead atoms. The molecule has 0 saturated heterocycles. The molecule has 1 amide bonds. The van der Waals surface area contributed by atoms with Crippen LogP contribution in [0.15, 0.2) is 83.8 Å². The fourth-order valence-corrected chi connectivity index (χ4v) is 5.06. The van der Waals surface area contributed by atoms with E-state index in [0.29, 0.717) is 17.0 Å². The topological polar surface area (TPSA) is 80.5 Å². The van der Waals surface area contributed by atoms with Crippen molar-refractivity contribution in [3.05, 3.63) is 101 Å². The van der Waals surface area contributed by atoms with E-state index in [2.05, 4.69) is 0 Å². The van der Waals surface area contributed by atoms with Crippen LogP contribution in [-0.2, 0) is 21.2 Å². The van der Waals surface area contributed by atoms with Gasteiger partial charge in [0.05, 0.1) is 4.90 Å². The Labute approximate surface area is 182 Å². The molecule has 1 atom stereocenters. The van der Waals surface area contributed by atoms with Crippen LogP contribution in [0.4, 0.5) is 0 Å². The largest absolute Gasteiger partial charge is 0.368 e. The van der Waals surface area contributed by atoms with Gasteiger partial charge in [-0.05, 0) is 48.7 Å². The zero-order valence-electron chi connectivity index (χ0n) is 16.5. The maximum atomic E-state index is 13.5. The van der Waals surface area contributed by atoms with E-state index in [-0.39, 0.29) is 11.4 Å². The SMILES string of the molecule is Cc1cccc(CCN(C(C(N)=O)c2ccccc2)S(=O)(=O)c2ccc(Cl)cc2)c1. The van der Waals surface area contributed by atoms with Crippen LogP contribution < -0.4 is 5.73 Å². The normalized spacial score (nSPS) is 12.6. The molecule has 0 radical (unpaired) electrons. The Morgan fingerprint density at radius 2 is 1.67 bits per heavy atom. The quantitative estimate of drug-likeness (QED) is 0.570. The number of hydrogen-bond donors (Lipinski definition) is 1. The van der Waals surface area contributed by atoms with E-state index >= 15 is 0 Å². The summed E-state index contributed by atoms with van der Waals surface area (Å²) < 4.78 is 28.2. The van der Waals surface area contributed by atoms with Gasteiger partial charge in [0.25, 0.3) is 0 Å². The number of nitrogens with two attached hydrogens (primary N) is 1. The third kappa shape index (κ3) is 5.08. The number of hydrogen-bond acceptors (Lipinski definition) is 3. The molecule has 0 saturated carbocycles.